The Hall–Kier alpha value is -1.81. The van der Waals surface area contributed by atoms with E-state index in [0.717, 1.165) is 11.3 Å². The molecule has 0 fully saturated rings. The quantitative estimate of drug-likeness (QED) is 0.292. The summed E-state index contributed by atoms with van der Waals surface area (Å²) >= 11 is 0. The molecule has 27 heavy (non-hydrogen) atoms. The molecule has 0 aromatic rings. The van der Waals surface area contributed by atoms with E-state index in [-0.39, 0.29) is 36.8 Å². The van der Waals surface area contributed by atoms with Gasteiger partial charge in [-0.25, -0.2) is 0 Å². The molecule has 3 amide bonds. The van der Waals surface area contributed by atoms with E-state index in [2.05, 4.69) is 5.32 Å². The third kappa shape index (κ3) is 10.8. The van der Waals surface area contributed by atoms with Gasteiger partial charge in [0.05, 0.1) is 39.1 Å². The van der Waals surface area contributed by atoms with Crippen molar-refractivity contribution in [1.29, 1.82) is 0 Å². The number of hydrogen-bond donors (Lipinski definition) is 1. The molecule has 0 spiro atoms. The van der Waals surface area contributed by atoms with E-state index in [9.17, 15) is 14.4 Å². The van der Waals surface area contributed by atoms with Gasteiger partial charge in [-0.2, -0.15) is 0 Å². The predicted molar refractivity (Wildman–Crippen MR) is 97.0 cm³/mol. The first-order valence-electron chi connectivity index (χ1n) is 9.11. The van der Waals surface area contributed by atoms with Crippen molar-refractivity contribution in [2.75, 3.05) is 59.8 Å². The van der Waals surface area contributed by atoms with E-state index in [4.69, 9.17) is 18.9 Å². The fourth-order valence-electron chi connectivity index (χ4n) is 2.21. The largest absolute Gasteiger partial charge is 0.385 e. The number of nitrogens with one attached hydrogen (secondary N) is 1. The minimum absolute atomic E-state index is 0.0745. The van der Waals surface area contributed by atoms with Crippen molar-refractivity contribution >= 4 is 17.7 Å². The summed E-state index contributed by atoms with van der Waals surface area (Å²) in [6.07, 6.45) is 3.47. The lowest BCUT2D eigenvalue weighted by Crippen LogP contribution is -2.35. The van der Waals surface area contributed by atoms with E-state index >= 15 is 0 Å². The zero-order chi connectivity index (χ0) is 19.9. The van der Waals surface area contributed by atoms with Gasteiger partial charge >= 0.3 is 0 Å². The normalized spacial score (nSPS) is 14.8. The molecule has 0 bridgehead atoms. The van der Waals surface area contributed by atoms with E-state index < -0.39 is 0 Å². The Bertz CT molecular complexity index is 478. The van der Waals surface area contributed by atoms with Crippen LogP contribution in [-0.2, 0) is 33.3 Å². The van der Waals surface area contributed by atoms with Gasteiger partial charge in [-0.15, -0.1) is 0 Å². The molecule has 0 saturated carbocycles. The molecule has 1 aliphatic heterocycles. The van der Waals surface area contributed by atoms with Gasteiger partial charge in [0.1, 0.15) is 0 Å². The molecule has 9 heteroatoms. The van der Waals surface area contributed by atoms with Crippen LogP contribution in [0.15, 0.2) is 12.2 Å². The van der Waals surface area contributed by atoms with Crippen molar-refractivity contribution in [1.82, 2.24) is 10.2 Å². The average molecular weight is 386 g/mol. The van der Waals surface area contributed by atoms with E-state index in [1.807, 2.05) is 6.92 Å². The van der Waals surface area contributed by atoms with Crippen LogP contribution in [-0.4, -0.2) is 88.6 Å². The molecule has 1 aliphatic rings. The molecule has 154 valence electrons. The van der Waals surface area contributed by atoms with Crippen molar-refractivity contribution in [2.24, 2.45) is 0 Å². The third-order valence-corrected chi connectivity index (χ3v) is 3.76. The fraction of sp³-hybridized carbons (Fsp3) is 0.722. The zero-order valence-electron chi connectivity index (χ0n) is 16.1. The van der Waals surface area contributed by atoms with Crippen LogP contribution in [0.2, 0.25) is 0 Å². The summed E-state index contributed by atoms with van der Waals surface area (Å²) in [6, 6.07) is 0. The highest BCUT2D eigenvalue weighted by Gasteiger charge is 2.23. The highest BCUT2D eigenvalue weighted by Crippen LogP contribution is 2.03. The van der Waals surface area contributed by atoms with Crippen LogP contribution in [0.5, 0.6) is 0 Å². The summed E-state index contributed by atoms with van der Waals surface area (Å²) in [5.74, 6) is -1.00. The Morgan fingerprint density at radius 3 is 2.33 bits per heavy atom. The first-order chi connectivity index (χ1) is 13.0. The number of methoxy groups -OCH3 is 1. The van der Waals surface area contributed by atoms with Gasteiger partial charge in [0.2, 0.25) is 5.91 Å². The molecule has 0 aliphatic carbocycles. The van der Waals surface area contributed by atoms with Crippen molar-refractivity contribution in [3.63, 3.8) is 0 Å². The smallest absolute Gasteiger partial charge is 0.253 e. The number of hydrogen-bond acceptors (Lipinski definition) is 7. The van der Waals surface area contributed by atoms with Gasteiger partial charge in [-0.05, 0) is 13.3 Å². The average Bonchev–Trinajstić information content (AvgIpc) is 2.97. The summed E-state index contributed by atoms with van der Waals surface area (Å²) in [6.45, 7) is 5.39. The zero-order valence-corrected chi connectivity index (χ0v) is 16.1. The molecule has 1 N–H and O–H groups in total. The van der Waals surface area contributed by atoms with Gasteiger partial charge in [0, 0.05) is 45.4 Å². The number of carbonyl (C=O) groups is 3. The second kappa shape index (κ2) is 14.3. The summed E-state index contributed by atoms with van der Waals surface area (Å²) in [5, 5.41) is 2.67. The molecule has 0 radical (unpaired) electrons. The molecule has 1 heterocycles. The highest BCUT2D eigenvalue weighted by molar-refractivity contribution is 6.13. The lowest BCUT2D eigenvalue weighted by molar-refractivity contribution is -0.137. The number of amides is 3. The lowest BCUT2D eigenvalue weighted by atomic mass is 10.3. The van der Waals surface area contributed by atoms with Crippen molar-refractivity contribution in [3.05, 3.63) is 12.2 Å². The van der Waals surface area contributed by atoms with Gasteiger partial charge in [0.25, 0.3) is 11.8 Å². The minimum atomic E-state index is -0.383. The van der Waals surface area contributed by atoms with Crippen LogP contribution >= 0.6 is 0 Å². The number of nitrogens with zero attached hydrogens (tertiary/aromatic N) is 1. The molecular formula is C18H30N2O7. The Balaban J connectivity index is 1.86. The number of imide groups is 1. The standard InChI is InChI=1S/C18H30N2O7/c1-15(6-9-24-2)27-14-13-26-12-11-25-10-7-19-16(21)5-8-20-17(22)3-4-18(20)23/h3-4,15H,5-14H2,1-2H3,(H,19,21). The Morgan fingerprint density at radius 1 is 1.04 bits per heavy atom. The second-order valence-electron chi connectivity index (χ2n) is 5.95. The van der Waals surface area contributed by atoms with Crippen molar-refractivity contribution in [3.8, 4) is 0 Å². The molecular weight excluding hydrogens is 356 g/mol. The summed E-state index contributed by atoms with van der Waals surface area (Å²) < 4.78 is 21.3. The van der Waals surface area contributed by atoms with Crippen LogP contribution < -0.4 is 5.32 Å². The van der Waals surface area contributed by atoms with Crippen LogP contribution in [0.4, 0.5) is 0 Å². The maximum absolute atomic E-state index is 11.7. The highest BCUT2D eigenvalue weighted by atomic mass is 16.5. The fourth-order valence-corrected chi connectivity index (χ4v) is 2.21. The molecule has 1 unspecified atom stereocenters. The molecule has 1 rings (SSSR count). The first-order valence-corrected chi connectivity index (χ1v) is 9.11. The maximum atomic E-state index is 11.7. The van der Waals surface area contributed by atoms with Gasteiger partial charge in [-0.1, -0.05) is 0 Å². The first kappa shape index (κ1) is 23.2. The van der Waals surface area contributed by atoms with Crippen LogP contribution in [0.3, 0.4) is 0 Å². The number of rotatable bonds is 16. The van der Waals surface area contributed by atoms with Crippen LogP contribution in [0, 0.1) is 0 Å². The summed E-state index contributed by atoms with van der Waals surface area (Å²) in [7, 11) is 1.66. The van der Waals surface area contributed by atoms with Crippen LogP contribution in [0.1, 0.15) is 19.8 Å². The van der Waals surface area contributed by atoms with Gasteiger partial charge < -0.3 is 24.3 Å². The van der Waals surface area contributed by atoms with E-state index in [1.165, 1.54) is 12.2 Å². The van der Waals surface area contributed by atoms with Gasteiger partial charge in [-0.3, -0.25) is 19.3 Å². The second-order valence-corrected chi connectivity index (χ2v) is 5.95. The minimum Gasteiger partial charge on any atom is -0.385 e. The van der Waals surface area contributed by atoms with Crippen LogP contribution in [0.25, 0.3) is 0 Å². The lowest BCUT2D eigenvalue weighted by Gasteiger charge is -2.13. The molecule has 1 atom stereocenters. The number of carbonyl (C=O) groups excluding carboxylic acids is 3. The van der Waals surface area contributed by atoms with E-state index in [1.54, 1.807) is 7.11 Å². The molecule has 0 aromatic carbocycles. The monoisotopic (exact) mass is 386 g/mol. The Labute approximate surface area is 159 Å². The third-order valence-electron chi connectivity index (χ3n) is 3.76. The predicted octanol–water partition coefficient (Wildman–Crippen LogP) is -0.107. The summed E-state index contributed by atoms with van der Waals surface area (Å²) in [4.78, 5) is 35.4. The van der Waals surface area contributed by atoms with Gasteiger partial charge in [0.15, 0.2) is 0 Å². The molecule has 0 saturated heterocycles. The maximum Gasteiger partial charge on any atom is 0.253 e. The topological polar surface area (TPSA) is 103 Å². The van der Waals surface area contributed by atoms with E-state index in [0.29, 0.717) is 46.2 Å². The van der Waals surface area contributed by atoms with Crippen molar-refractivity contribution < 1.29 is 33.3 Å². The summed E-state index contributed by atoms with van der Waals surface area (Å²) in [5.41, 5.74) is 0. The number of ether oxygens (including phenoxy) is 4. The molecule has 0 aromatic heterocycles. The Kier molecular flexibility index (Phi) is 12.3. The SMILES string of the molecule is COCCC(C)OCCOCCOCCNC(=O)CCN1C(=O)C=CC1=O. The van der Waals surface area contributed by atoms with Crippen molar-refractivity contribution in [2.45, 2.75) is 25.9 Å². The Morgan fingerprint density at radius 2 is 1.67 bits per heavy atom. The molecule has 9 nitrogen and oxygen atoms in total.